The molecule has 8 nitrogen and oxygen atoms in total. The van der Waals surface area contributed by atoms with Crippen molar-refractivity contribution >= 4 is 27.5 Å². The molecule has 0 saturated heterocycles. The van der Waals surface area contributed by atoms with E-state index in [0.717, 1.165) is 5.76 Å². The molecule has 0 aliphatic carbocycles. The molecular formula is C19H25N3O5S. The van der Waals surface area contributed by atoms with Gasteiger partial charge < -0.3 is 15.1 Å². The summed E-state index contributed by atoms with van der Waals surface area (Å²) in [6, 6.07) is 8.29. The molecule has 28 heavy (non-hydrogen) atoms. The van der Waals surface area contributed by atoms with Gasteiger partial charge in [0, 0.05) is 25.1 Å². The van der Waals surface area contributed by atoms with Crippen LogP contribution in [0.2, 0.25) is 0 Å². The Bertz CT molecular complexity index is 892. The zero-order valence-corrected chi connectivity index (χ0v) is 16.9. The molecule has 0 radical (unpaired) electrons. The molecule has 1 unspecified atom stereocenters. The van der Waals surface area contributed by atoms with Gasteiger partial charge in [-0.05, 0) is 56.7 Å². The average molecular weight is 407 g/mol. The second-order valence-electron chi connectivity index (χ2n) is 6.58. The third kappa shape index (κ3) is 6.50. The number of sulfonamides is 1. The lowest BCUT2D eigenvalue weighted by molar-refractivity contribution is -0.123. The summed E-state index contributed by atoms with van der Waals surface area (Å²) in [4.78, 5) is 23.3. The molecular weight excluding hydrogens is 382 g/mol. The first kappa shape index (κ1) is 21.6. The summed E-state index contributed by atoms with van der Waals surface area (Å²) in [5.74, 6) is 0.170. The van der Waals surface area contributed by atoms with E-state index in [-0.39, 0.29) is 16.8 Å². The van der Waals surface area contributed by atoms with Gasteiger partial charge in [0.25, 0.3) is 0 Å². The molecule has 1 heterocycles. The molecule has 2 amide bonds. The molecule has 0 saturated carbocycles. The monoisotopic (exact) mass is 407 g/mol. The van der Waals surface area contributed by atoms with Crippen molar-refractivity contribution in [3.05, 3.63) is 48.4 Å². The average Bonchev–Trinajstić information content (AvgIpc) is 3.13. The molecule has 2 rings (SSSR count). The lowest BCUT2D eigenvalue weighted by Crippen LogP contribution is -2.47. The zero-order valence-electron chi connectivity index (χ0n) is 16.1. The molecule has 3 N–H and O–H groups in total. The van der Waals surface area contributed by atoms with Crippen LogP contribution in [0.15, 0.2) is 52.0 Å². The quantitative estimate of drug-likeness (QED) is 0.588. The predicted molar refractivity (Wildman–Crippen MR) is 105 cm³/mol. The standard InChI is InChI=1S/C19H25N3O5S/c1-13(6-9-17-5-4-12-27-17)20-19(24)14(2)22-28(25,26)18-10-7-16(8-11-18)21-15(3)23/h4-5,7-8,10-14,22H,6,9H2,1-3H3,(H,20,24)(H,21,23)/t13?,14-/m0/s1. The Balaban J connectivity index is 1.89. The number of furan rings is 1. The Morgan fingerprint density at radius 1 is 1.11 bits per heavy atom. The lowest BCUT2D eigenvalue weighted by Gasteiger charge is -2.18. The van der Waals surface area contributed by atoms with Crippen LogP contribution in [0.3, 0.4) is 0 Å². The Labute approximate surface area is 164 Å². The van der Waals surface area contributed by atoms with Crippen LogP contribution in [-0.4, -0.2) is 32.3 Å². The number of carbonyl (C=O) groups is 2. The highest BCUT2D eigenvalue weighted by atomic mass is 32.2. The van der Waals surface area contributed by atoms with Crippen molar-refractivity contribution in [3.8, 4) is 0 Å². The van der Waals surface area contributed by atoms with Crippen molar-refractivity contribution in [1.29, 1.82) is 0 Å². The largest absolute Gasteiger partial charge is 0.469 e. The van der Waals surface area contributed by atoms with Gasteiger partial charge in [-0.2, -0.15) is 4.72 Å². The lowest BCUT2D eigenvalue weighted by atomic mass is 10.1. The SMILES string of the molecule is CC(=O)Nc1ccc(S(=O)(=O)N[C@@H](C)C(=O)NC(C)CCc2ccco2)cc1. The second kappa shape index (κ2) is 9.52. The number of aryl methyl sites for hydroxylation is 1. The number of hydrogen-bond acceptors (Lipinski definition) is 5. The van der Waals surface area contributed by atoms with E-state index in [1.807, 2.05) is 13.0 Å². The predicted octanol–water partition coefficient (Wildman–Crippen LogP) is 2.04. The van der Waals surface area contributed by atoms with E-state index in [1.54, 1.807) is 12.3 Å². The second-order valence-corrected chi connectivity index (χ2v) is 8.29. The summed E-state index contributed by atoms with van der Waals surface area (Å²) in [5, 5.41) is 5.35. The molecule has 2 aromatic rings. The van der Waals surface area contributed by atoms with Gasteiger partial charge in [0.05, 0.1) is 17.2 Å². The van der Waals surface area contributed by atoms with Crippen molar-refractivity contribution in [2.45, 2.75) is 50.6 Å². The minimum atomic E-state index is -3.87. The number of carbonyl (C=O) groups excluding carboxylic acids is 2. The van der Waals surface area contributed by atoms with Gasteiger partial charge in [-0.3, -0.25) is 9.59 Å². The number of amides is 2. The highest BCUT2D eigenvalue weighted by molar-refractivity contribution is 7.89. The number of benzene rings is 1. The maximum atomic E-state index is 12.5. The number of nitrogens with one attached hydrogen (secondary N) is 3. The summed E-state index contributed by atoms with van der Waals surface area (Å²) in [7, 11) is -3.87. The summed E-state index contributed by atoms with van der Waals surface area (Å²) in [6.07, 6.45) is 2.94. The van der Waals surface area contributed by atoms with E-state index < -0.39 is 22.0 Å². The van der Waals surface area contributed by atoms with E-state index >= 15 is 0 Å². The molecule has 152 valence electrons. The van der Waals surface area contributed by atoms with Crippen LogP contribution in [0.4, 0.5) is 5.69 Å². The zero-order chi connectivity index (χ0) is 20.7. The topological polar surface area (TPSA) is 118 Å². The third-order valence-electron chi connectivity index (χ3n) is 4.00. The van der Waals surface area contributed by atoms with Crippen molar-refractivity contribution in [2.75, 3.05) is 5.32 Å². The molecule has 0 aliphatic rings. The summed E-state index contributed by atoms with van der Waals surface area (Å²) in [6.45, 7) is 4.70. The normalized spacial score (nSPS) is 13.5. The van der Waals surface area contributed by atoms with Crippen molar-refractivity contribution in [1.82, 2.24) is 10.0 Å². The van der Waals surface area contributed by atoms with Crippen molar-refractivity contribution in [3.63, 3.8) is 0 Å². The molecule has 0 fully saturated rings. The minimum Gasteiger partial charge on any atom is -0.469 e. The fourth-order valence-corrected chi connectivity index (χ4v) is 3.73. The first-order chi connectivity index (χ1) is 13.2. The van der Waals surface area contributed by atoms with Crippen LogP contribution in [0.1, 0.15) is 33.0 Å². The molecule has 2 atom stereocenters. The molecule has 0 bridgehead atoms. The fraction of sp³-hybridized carbons (Fsp3) is 0.368. The van der Waals surface area contributed by atoms with Gasteiger partial charge in [0.2, 0.25) is 21.8 Å². The summed E-state index contributed by atoms with van der Waals surface area (Å²) >= 11 is 0. The third-order valence-corrected chi connectivity index (χ3v) is 5.56. The van der Waals surface area contributed by atoms with Crippen LogP contribution >= 0.6 is 0 Å². The van der Waals surface area contributed by atoms with Gasteiger partial charge in [-0.15, -0.1) is 0 Å². The molecule has 0 aliphatic heterocycles. The van der Waals surface area contributed by atoms with E-state index in [4.69, 9.17) is 4.42 Å². The van der Waals surface area contributed by atoms with Crippen LogP contribution < -0.4 is 15.4 Å². The molecule has 1 aromatic carbocycles. The maximum absolute atomic E-state index is 12.5. The Morgan fingerprint density at radius 3 is 2.36 bits per heavy atom. The highest BCUT2D eigenvalue weighted by Crippen LogP contribution is 2.14. The Morgan fingerprint density at radius 2 is 1.79 bits per heavy atom. The van der Waals surface area contributed by atoms with Crippen LogP contribution in [0, 0.1) is 0 Å². The van der Waals surface area contributed by atoms with Crippen LogP contribution in [-0.2, 0) is 26.0 Å². The van der Waals surface area contributed by atoms with Crippen molar-refractivity contribution < 1.29 is 22.4 Å². The Kier molecular flexibility index (Phi) is 7.36. The van der Waals surface area contributed by atoms with Gasteiger partial charge in [-0.1, -0.05) is 0 Å². The number of hydrogen-bond donors (Lipinski definition) is 3. The van der Waals surface area contributed by atoms with Crippen molar-refractivity contribution in [2.24, 2.45) is 0 Å². The van der Waals surface area contributed by atoms with Crippen LogP contribution in [0.25, 0.3) is 0 Å². The first-order valence-corrected chi connectivity index (χ1v) is 10.4. The van der Waals surface area contributed by atoms with E-state index in [1.165, 1.54) is 38.1 Å². The van der Waals surface area contributed by atoms with Gasteiger partial charge >= 0.3 is 0 Å². The van der Waals surface area contributed by atoms with Gasteiger partial charge in [0.15, 0.2) is 0 Å². The minimum absolute atomic E-state index is 0.00659. The fourth-order valence-electron chi connectivity index (χ4n) is 2.53. The Hall–Kier alpha value is -2.65. The molecule has 9 heteroatoms. The molecule has 1 aromatic heterocycles. The summed E-state index contributed by atoms with van der Waals surface area (Å²) in [5.41, 5.74) is 0.489. The highest BCUT2D eigenvalue weighted by Gasteiger charge is 2.23. The van der Waals surface area contributed by atoms with E-state index in [9.17, 15) is 18.0 Å². The van der Waals surface area contributed by atoms with Crippen LogP contribution in [0.5, 0.6) is 0 Å². The number of rotatable bonds is 9. The number of anilines is 1. The maximum Gasteiger partial charge on any atom is 0.241 e. The van der Waals surface area contributed by atoms with E-state index in [0.29, 0.717) is 18.5 Å². The molecule has 0 spiro atoms. The van der Waals surface area contributed by atoms with Gasteiger partial charge in [0.1, 0.15) is 5.76 Å². The summed E-state index contributed by atoms with van der Waals surface area (Å²) < 4.78 is 32.5. The first-order valence-electron chi connectivity index (χ1n) is 8.90. The smallest absolute Gasteiger partial charge is 0.241 e. The van der Waals surface area contributed by atoms with E-state index in [2.05, 4.69) is 15.4 Å². The van der Waals surface area contributed by atoms with Gasteiger partial charge in [-0.25, -0.2) is 8.42 Å².